The van der Waals surface area contributed by atoms with Crippen LogP contribution in [0, 0.1) is 11.3 Å². The number of nitrogens with zero attached hydrogens (tertiary/aromatic N) is 2. The Bertz CT molecular complexity index is 602. The minimum Gasteiger partial charge on any atom is -0.394 e. The third kappa shape index (κ3) is 4.67. The van der Waals surface area contributed by atoms with Crippen LogP contribution in [-0.4, -0.2) is 93.9 Å². The van der Waals surface area contributed by atoms with Gasteiger partial charge in [-0.2, -0.15) is 5.06 Å². The lowest BCUT2D eigenvalue weighted by Crippen LogP contribution is -2.61. The summed E-state index contributed by atoms with van der Waals surface area (Å²) in [5.74, 6) is -0.775. The Balaban J connectivity index is 2.02. The van der Waals surface area contributed by atoms with E-state index in [1.54, 1.807) is 6.92 Å². The average Bonchev–Trinajstić information content (AvgIpc) is 2.98. The number of aliphatic hydroxyl groups is 3. The minimum atomic E-state index is -1.41. The van der Waals surface area contributed by atoms with Gasteiger partial charge in [0, 0.05) is 19.5 Å². The number of hydroxylamine groups is 2. The van der Waals surface area contributed by atoms with Crippen LogP contribution in [0.2, 0.25) is 0 Å². The summed E-state index contributed by atoms with van der Waals surface area (Å²) in [5.41, 5.74) is 0. The highest BCUT2D eigenvalue weighted by Gasteiger charge is 2.50. The fourth-order valence-electron chi connectivity index (χ4n) is 2.99. The molecule has 2 fully saturated rings. The molecule has 11 heteroatoms. The van der Waals surface area contributed by atoms with Crippen molar-refractivity contribution in [3.05, 3.63) is 12.7 Å². The first-order valence-electron chi connectivity index (χ1n) is 9.19. The van der Waals surface area contributed by atoms with Crippen LogP contribution in [0.25, 0.3) is 0 Å². The largest absolute Gasteiger partial charge is 0.394 e. The number of carbonyl (C=O) groups is 2. The summed E-state index contributed by atoms with van der Waals surface area (Å²) in [6.07, 6.45) is -2.70. The second-order valence-electron chi connectivity index (χ2n) is 6.58. The number of carbonyl (C=O) groups excluding carboxylic acids is 2. The van der Waals surface area contributed by atoms with Gasteiger partial charge in [-0.15, -0.1) is 6.58 Å². The summed E-state index contributed by atoms with van der Waals surface area (Å²) in [6, 6.07) is -0.726. The first kappa shape index (κ1) is 22.2. The van der Waals surface area contributed by atoms with Crippen molar-refractivity contribution in [2.24, 2.45) is 5.92 Å². The van der Waals surface area contributed by atoms with Crippen LogP contribution in [0.5, 0.6) is 0 Å². The van der Waals surface area contributed by atoms with E-state index in [1.807, 2.05) is 0 Å². The zero-order valence-corrected chi connectivity index (χ0v) is 15.8. The molecule has 3 amide bonds. The lowest BCUT2D eigenvalue weighted by atomic mass is 10.0. The zero-order valence-electron chi connectivity index (χ0n) is 15.8. The fraction of sp³-hybridized carbons (Fsp3) is 0.706. The number of amidine groups is 1. The molecule has 0 spiro atoms. The van der Waals surface area contributed by atoms with Crippen molar-refractivity contribution in [2.75, 3.05) is 26.3 Å². The van der Waals surface area contributed by atoms with Gasteiger partial charge in [0.05, 0.1) is 19.1 Å². The number of hydrogen-bond donors (Lipinski definition) is 5. The number of amides is 3. The predicted molar refractivity (Wildman–Crippen MR) is 97.0 cm³/mol. The molecule has 2 aliphatic rings. The molecule has 158 valence electrons. The Morgan fingerprint density at radius 1 is 1.46 bits per heavy atom. The first-order valence-corrected chi connectivity index (χ1v) is 9.19. The Labute approximate surface area is 163 Å². The van der Waals surface area contributed by atoms with E-state index in [0.29, 0.717) is 19.4 Å². The van der Waals surface area contributed by atoms with E-state index in [0.717, 1.165) is 9.96 Å². The quantitative estimate of drug-likeness (QED) is 0.240. The van der Waals surface area contributed by atoms with Crippen LogP contribution in [0.15, 0.2) is 12.7 Å². The highest BCUT2D eigenvalue weighted by molar-refractivity contribution is 5.99. The highest BCUT2D eigenvalue weighted by atomic mass is 16.7. The third-order valence-corrected chi connectivity index (χ3v) is 4.68. The van der Waals surface area contributed by atoms with Gasteiger partial charge in [0.1, 0.15) is 24.1 Å². The normalized spacial score (nSPS) is 30.6. The van der Waals surface area contributed by atoms with Crippen molar-refractivity contribution in [2.45, 2.75) is 44.3 Å². The number of rotatable bonds is 9. The third-order valence-electron chi connectivity index (χ3n) is 4.68. The highest BCUT2D eigenvalue weighted by Crippen LogP contribution is 2.29. The van der Waals surface area contributed by atoms with E-state index in [2.05, 4.69) is 11.9 Å². The summed E-state index contributed by atoms with van der Waals surface area (Å²) in [5, 5.41) is 41.0. The van der Waals surface area contributed by atoms with Crippen molar-refractivity contribution < 1.29 is 34.5 Å². The maximum absolute atomic E-state index is 12.8. The molecule has 5 atom stereocenters. The minimum absolute atomic E-state index is 0.0141. The number of aliphatic hydroxyl groups excluding tert-OH is 3. The van der Waals surface area contributed by atoms with Gasteiger partial charge >= 0.3 is 6.03 Å². The summed E-state index contributed by atoms with van der Waals surface area (Å²) in [4.78, 5) is 30.6. The van der Waals surface area contributed by atoms with Crippen molar-refractivity contribution in [3.8, 4) is 0 Å². The molecule has 2 aliphatic heterocycles. The van der Waals surface area contributed by atoms with Crippen LogP contribution in [-0.2, 0) is 14.4 Å². The monoisotopic (exact) mass is 400 g/mol. The van der Waals surface area contributed by atoms with Crippen LogP contribution >= 0.6 is 0 Å². The molecule has 1 unspecified atom stereocenters. The van der Waals surface area contributed by atoms with Gasteiger partial charge in [0.2, 0.25) is 5.91 Å². The van der Waals surface area contributed by atoms with Gasteiger partial charge in [-0.3, -0.25) is 19.9 Å². The molecular weight excluding hydrogens is 372 g/mol. The van der Waals surface area contributed by atoms with Gasteiger partial charge in [-0.05, 0) is 6.42 Å². The second kappa shape index (κ2) is 9.94. The zero-order chi connectivity index (χ0) is 20.8. The second-order valence-corrected chi connectivity index (χ2v) is 6.58. The Kier molecular flexibility index (Phi) is 7.89. The van der Waals surface area contributed by atoms with Crippen molar-refractivity contribution in [1.29, 1.82) is 5.41 Å². The van der Waals surface area contributed by atoms with Gasteiger partial charge < -0.3 is 25.4 Å². The van der Waals surface area contributed by atoms with Crippen LogP contribution in [0.3, 0.4) is 0 Å². The number of urea groups is 1. The molecule has 0 aromatic heterocycles. The first-order chi connectivity index (χ1) is 13.3. The predicted octanol–water partition coefficient (Wildman–Crippen LogP) is -1.21. The molecule has 2 rings (SSSR count). The molecule has 0 bridgehead atoms. The number of nitrogens with one attached hydrogen (secondary N) is 2. The molecule has 28 heavy (non-hydrogen) atoms. The van der Waals surface area contributed by atoms with Gasteiger partial charge in [-0.1, -0.05) is 13.0 Å². The summed E-state index contributed by atoms with van der Waals surface area (Å²) >= 11 is 0. The summed E-state index contributed by atoms with van der Waals surface area (Å²) in [7, 11) is 0. The van der Waals surface area contributed by atoms with Crippen LogP contribution < -0.4 is 5.32 Å². The Hall–Kier alpha value is -2.05. The van der Waals surface area contributed by atoms with E-state index >= 15 is 0 Å². The SMILES string of the molecule is C=CC1CN([C@@H]2O[C@H](CO)[C@@H](O)[C@H]2O)C(=O)N(OCCCNC(=O)CC)C1=N. The smallest absolute Gasteiger partial charge is 0.352 e. The molecule has 0 aromatic rings. The van der Waals surface area contributed by atoms with Crippen LogP contribution in [0.4, 0.5) is 4.79 Å². The average molecular weight is 400 g/mol. The number of ether oxygens (including phenoxy) is 1. The lowest BCUT2D eigenvalue weighted by Gasteiger charge is -2.41. The molecule has 0 aliphatic carbocycles. The van der Waals surface area contributed by atoms with E-state index in [1.165, 1.54) is 6.08 Å². The molecule has 0 aromatic carbocycles. The lowest BCUT2D eigenvalue weighted by molar-refractivity contribution is -0.126. The fourth-order valence-corrected chi connectivity index (χ4v) is 2.99. The van der Waals surface area contributed by atoms with E-state index in [-0.39, 0.29) is 24.9 Å². The number of hydrogen-bond acceptors (Lipinski definition) is 8. The maximum Gasteiger partial charge on any atom is 0.352 e. The molecule has 11 nitrogen and oxygen atoms in total. The van der Waals surface area contributed by atoms with Gasteiger partial charge in [-0.25, -0.2) is 4.79 Å². The molecule has 5 N–H and O–H groups in total. The maximum atomic E-state index is 12.8. The molecule has 0 saturated carbocycles. The molecule has 2 saturated heterocycles. The topological polar surface area (TPSA) is 156 Å². The Morgan fingerprint density at radius 3 is 2.75 bits per heavy atom. The van der Waals surface area contributed by atoms with E-state index in [9.17, 15) is 24.9 Å². The van der Waals surface area contributed by atoms with Crippen molar-refractivity contribution >= 4 is 17.8 Å². The van der Waals surface area contributed by atoms with Crippen LogP contribution in [0.1, 0.15) is 19.8 Å². The summed E-state index contributed by atoms with van der Waals surface area (Å²) in [6.45, 7) is 5.34. The summed E-state index contributed by atoms with van der Waals surface area (Å²) < 4.78 is 5.42. The van der Waals surface area contributed by atoms with E-state index < -0.39 is 43.1 Å². The van der Waals surface area contributed by atoms with Crippen molar-refractivity contribution in [3.63, 3.8) is 0 Å². The van der Waals surface area contributed by atoms with Gasteiger partial charge in [0.25, 0.3) is 0 Å². The van der Waals surface area contributed by atoms with Gasteiger partial charge in [0.15, 0.2) is 6.23 Å². The van der Waals surface area contributed by atoms with Crippen molar-refractivity contribution in [1.82, 2.24) is 15.3 Å². The Morgan fingerprint density at radius 2 is 2.18 bits per heavy atom. The molecule has 2 heterocycles. The molecular formula is C17H28N4O7. The molecule has 0 radical (unpaired) electrons. The standard InChI is InChI=1S/C17H28N4O7/c1-3-10-8-20(16-14(25)13(24)11(9-22)28-16)17(26)21(15(10)18)27-7-5-6-19-12(23)4-2/h3,10-11,13-14,16,18,22,24-25H,1,4-9H2,2H3,(H,19,23)/t10?,11-,13-,14-,16-/m1/s1. The van der Waals surface area contributed by atoms with E-state index in [4.69, 9.17) is 15.0 Å².